The van der Waals surface area contributed by atoms with E-state index < -0.39 is 11.6 Å². The number of hydrogen-bond acceptors (Lipinski definition) is 4. The standard InChI is InChI=1S/C14H15F2N3O/c15-11-5-9(6-12(16)8-11)7-13-18-14(20-19-13)10-1-3-17-4-2-10/h5-6,8,10,17H,1-4,7H2. The number of rotatable bonds is 3. The number of nitrogens with one attached hydrogen (secondary N) is 1. The van der Waals surface area contributed by atoms with E-state index in [9.17, 15) is 8.78 Å². The summed E-state index contributed by atoms with van der Waals surface area (Å²) in [6.07, 6.45) is 2.20. The quantitative estimate of drug-likeness (QED) is 0.937. The maximum absolute atomic E-state index is 13.1. The number of nitrogens with zero attached hydrogens (tertiary/aromatic N) is 2. The van der Waals surface area contributed by atoms with E-state index in [0.29, 0.717) is 17.3 Å². The second kappa shape index (κ2) is 5.66. The summed E-state index contributed by atoms with van der Waals surface area (Å²) in [7, 11) is 0. The third kappa shape index (κ3) is 3.01. The Morgan fingerprint density at radius 1 is 1.15 bits per heavy atom. The molecule has 0 bridgehead atoms. The SMILES string of the molecule is Fc1cc(F)cc(Cc2noc(C3CCNCC3)n2)c1. The van der Waals surface area contributed by atoms with Gasteiger partial charge in [0.25, 0.3) is 0 Å². The van der Waals surface area contributed by atoms with Gasteiger partial charge in [0.15, 0.2) is 5.82 Å². The van der Waals surface area contributed by atoms with Gasteiger partial charge in [-0.25, -0.2) is 8.78 Å². The molecule has 0 unspecified atom stereocenters. The molecule has 1 fully saturated rings. The van der Waals surface area contributed by atoms with E-state index >= 15 is 0 Å². The molecule has 6 heteroatoms. The lowest BCUT2D eigenvalue weighted by Gasteiger charge is -2.18. The summed E-state index contributed by atoms with van der Waals surface area (Å²) in [5, 5.41) is 7.16. The summed E-state index contributed by atoms with van der Waals surface area (Å²) < 4.78 is 31.5. The van der Waals surface area contributed by atoms with Gasteiger partial charge in [0.2, 0.25) is 5.89 Å². The van der Waals surface area contributed by atoms with Gasteiger partial charge in [-0.2, -0.15) is 4.98 Å². The van der Waals surface area contributed by atoms with Crippen LogP contribution < -0.4 is 5.32 Å². The van der Waals surface area contributed by atoms with Crippen molar-refractivity contribution in [1.82, 2.24) is 15.5 Å². The molecule has 2 aromatic rings. The van der Waals surface area contributed by atoms with Crippen molar-refractivity contribution in [3.8, 4) is 0 Å². The molecule has 0 spiro atoms. The molecule has 1 N–H and O–H groups in total. The van der Waals surface area contributed by atoms with Crippen molar-refractivity contribution in [2.24, 2.45) is 0 Å². The molecule has 0 aliphatic carbocycles. The zero-order chi connectivity index (χ0) is 13.9. The zero-order valence-corrected chi connectivity index (χ0v) is 10.9. The van der Waals surface area contributed by atoms with Gasteiger partial charge < -0.3 is 9.84 Å². The van der Waals surface area contributed by atoms with Gasteiger partial charge >= 0.3 is 0 Å². The Kier molecular flexibility index (Phi) is 3.73. The first-order chi connectivity index (χ1) is 9.70. The summed E-state index contributed by atoms with van der Waals surface area (Å²) in [6.45, 7) is 1.88. The number of hydrogen-bond donors (Lipinski definition) is 1. The predicted molar refractivity (Wildman–Crippen MR) is 68.3 cm³/mol. The molecule has 3 rings (SSSR count). The van der Waals surface area contributed by atoms with Crippen LogP contribution in [0.3, 0.4) is 0 Å². The number of halogens is 2. The normalized spacial score (nSPS) is 16.5. The molecule has 0 saturated carbocycles. The Hall–Kier alpha value is -1.82. The van der Waals surface area contributed by atoms with Gasteiger partial charge in [-0.05, 0) is 43.6 Å². The molecule has 1 aromatic carbocycles. The molecule has 2 heterocycles. The van der Waals surface area contributed by atoms with Crippen LogP contribution in [0.15, 0.2) is 22.7 Å². The lowest BCUT2D eigenvalue weighted by Crippen LogP contribution is -2.26. The average molecular weight is 279 g/mol. The largest absolute Gasteiger partial charge is 0.339 e. The van der Waals surface area contributed by atoms with Crippen molar-refractivity contribution in [3.05, 3.63) is 47.1 Å². The molecule has 20 heavy (non-hydrogen) atoms. The lowest BCUT2D eigenvalue weighted by atomic mass is 9.98. The van der Waals surface area contributed by atoms with Crippen LogP contribution in [0.2, 0.25) is 0 Å². The Bertz CT molecular complexity index is 574. The second-order valence-electron chi connectivity index (χ2n) is 5.03. The fourth-order valence-electron chi connectivity index (χ4n) is 2.47. The van der Waals surface area contributed by atoms with Gasteiger partial charge in [0.05, 0.1) is 0 Å². The monoisotopic (exact) mass is 279 g/mol. The Labute approximate surface area is 115 Å². The molecule has 1 saturated heterocycles. The minimum Gasteiger partial charge on any atom is -0.339 e. The van der Waals surface area contributed by atoms with E-state index in [4.69, 9.17) is 4.52 Å². The molecule has 106 valence electrons. The van der Waals surface area contributed by atoms with Crippen molar-refractivity contribution in [3.63, 3.8) is 0 Å². The number of benzene rings is 1. The Morgan fingerprint density at radius 2 is 1.85 bits per heavy atom. The maximum Gasteiger partial charge on any atom is 0.229 e. The van der Waals surface area contributed by atoms with Crippen LogP contribution in [-0.2, 0) is 6.42 Å². The molecule has 4 nitrogen and oxygen atoms in total. The molecule has 0 radical (unpaired) electrons. The third-order valence-electron chi connectivity index (χ3n) is 3.46. The first-order valence-electron chi connectivity index (χ1n) is 6.69. The second-order valence-corrected chi connectivity index (χ2v) is 5.03. The predicted octanol–water partition coefficient (Wildman–Crippen LogP) is 2.41. The summed E-state index contributed by atoms with van der Waals surface area (Å²) in [5.41, 5.74) is 0.500. The Morgan fingerprint density at radius 3 is 2.55 bits per heavy atom. The van der Waals surface area contributed by atoms with E-state index in [2.05, 4.69) is 15.5 Å². The molecule has 1 aromatic heterocycles. The van der Waals surface area contributed by atoms with Crippen LogP contribution in [0.1, 0.15) is 36.0 Å². The van der Waals surface area contributed by atoms with Crippen molar-refractivity contribution in [2.45, 2.75) is 25.2 Å². The van der Waals surface area contributed by atoms with Crippen LogP contribution in [0.4, 0.5) is 8.78 Å². The molecule has 0 amide bonds. The summed E-state index contributed by atoms with van der Waals surface area (Å²) in [6, 6.07) is 3.41. The lowest BCUT2D eigenvalue weighted by molar-refractivity contribution is 0.318. The Balaban J connectivity index is 1.73. The highest BCUT2D eigenvalue weighted by atomic mass is 19.1. The van der Waals surface area contributed by atoms with Crippen LogP contribution in [0.25, 0.3) is 0 Å². The molecule has 1 aliphatic heterocycles. The highest BCUT2D eigenvalue weighted by molar-refractivity contribution is 5.21. The van der Waals surface area contributed by atoms with Crippen LogP contribution in [0.5, 0.6) is 0 Å². The van der Waals surface area contributed by atoms with Crippen molar-refractivity contribution >= 4 is 0 Å². The highest BCUT2D eigenvalue weighted by Crippen LogP contribution is 2.23. The van der Waals surface area contributed by atoms with Crippen molar-refractivity contribution in [2.75, 3.05) is 13.1 Å². The fourth-order valence-corrected chi connectivity index (χ4v) is 2.47. The van der Waals surface area contributed by atoms with Gasteiger partial charge in [0.1, 0.15) is 11.6 Å². The van der Waals surface area contributed by atoms with Gasteiger partial charge in [-0.1, -0.05) is 5.16 Å². The first-order valence-corrected chi connectivity index (χ1v) is 6.69. The van der Waals surface area contributed by atoms with Crippen molar-refractivity contribution < 1.29 is 13.3 Å². The molecular formula is C14H15F2N3O. The van der Waals surface area contributed by atoms with E-state index in [1.165, 1.54) is 12.1 Å². The van der Waals surface area contributed by atoms with Crippen LogP contribution >= 0.6 is 0 Å². The smallest absolute Gasteiger partial charge is 0.229 e. The first kappa shape index (κ1) is 13.2. The fraction of sp³-hybridized carbons (Fsp3) is 0.429. The van der Waals surface area contributed by atoms with Crippen LogP contribution in [0, 0.1) is 11.6 Å². The van der Waals surface area contributed by atoms with E-state index in [1.54, 1.807) is 0 Å². The molecular weight excluding hydrogens is 264 g/mol. The topological polar surface area (TPSA) is 51.0 Å². The molecule has 0 atom stereocenters. The summed E-state index contributed by atoms with van der Waals surface area (Å²) in [4.78, 5) is 4.34. The average Bonchev–Trinajstić information content (AvgIpc) is 2.87. The zero-order valence-electron chi connectivity index (χ0n) is 10.9. The maximum atomic E-state index is 13.1. The van der Waals surface area contributed by atoms with E-state index in [-0.39, 0.29) is 12.3 Å². The van der Waals surface area contributed by atoms with E-state index in [0.717, 1.165) is 32.0 Å². The van der Waals surface area contributed by atoms with Gasteiger partial charge in [-0.3, -0.25) is 0 Å². The van der Waals surface area contributed by atoms with Gasteiger partial charge in [-0.15, -0.1) is 0 Å². The number of piperidine rings is 1. The third-order valence-corrected chi connectivity index (χ3v) is 3.46. The minimum atomic E-state index is -0.595. The van der Waals surface area contributed by atoms with E-state index in [1.807, 2.05) is 0 Å². The van der Waals surface area contributed by atoms with Gasteiger partial charge in [0, 0.05) is 18.4 Å². The number of aromatic nitrogens is 2. The van der Waals surface area contributed by atoms with Crippen LogP contribution in [-0.4, -0.2) is 23.2 Å². The summed E-state index contributed by atoms with van der Waals surface area (Å²) in [5.74, 6) is 0.174. The highest BCUT2D eigenvalue weighted by Gasteiger charge is 2.21. The minimum absolute atomic E-state index is 0.267. The summed E-state index contributed by atoms with van der Waals surface area (Å²) >= 11 is 0. The van der Waals surface area contributed by atoms with Crippen molar-refractivity contribution in [1.29, 1.82) is 0 Å². The molecule has 1 aliphatic rings.